The van der Waals surface area contributed by atoms with E-state index in [2.05, 4.69) is 0 Å². The average Bonchev–Trinajstić information content (AvgIpc) is 2.33. The summed E-state index contributed by atoms with van der Waals surface area (Å²) >= 11 is 0. The van der Waals surface area contributed by atoms with Crippen LogP contribution in [0.4, 0.5) is 9.18 Å². The van der Waals surface area contributed by atoms with E-state index < -0.39 is 11.7 Å². The number of carboxylic acid groups (broad SMARTS) is 1. The van der Waals surface area contributed by atoms with Gasteiger partial charge in [0.05, 0.1) is 5.60 Å². The monoisotopic (exact) mass is 253 g/mol. The van der Waals surface area contributed by atoms with Gasteiger partial charge in [0.2, 0.25) is 0 Å². The molecule has 2 unspecified atom stereocenters. The molecule has 4 nitrogen and oxygen atoms in total. The Kier molecular flexibility index (Phi) is 3.26. The highest BCUT2D eigenvalue weighted by atomic mass is 19.1. The zero-order valence-electron chi connectivity index (χ0n) is 10.1. The van der Waals surface area contributed by atoms with Crippen molar-refractivity contribution in [3.63, 3.8) is 0 Å². The van der Waals surface area contributed by atoms with E-state index in [1.54, 1.807) is 19.1 Å². The highest BCUT2D eigenvalue weighted by molar-refractivity contribution is 5.65. The second-order valence-electron chi connectivity index (χ2n) is 4.81. The summed E-state index contributed by atoms with van der Waals surface area (Å²) in [5, 5.41) is 19.6. The minimum Gasteiger partial charge on any atom is -0.465 e. The Morgan fingerprint density at radius 2 is 2.06 bits per heavy atom. The predicted molar refractivity (Wildman–Crippen MR) is 63.7 cm³/mol. The fraction of sp³-hybridized carbons (Fsp3) is 0.462. The van der Waals surface area contributed by atoms with Crippen LogP contribution in [0, 0.1) is 11.7 Å². The molecule has 1 heterocycles. The maximum absolute atomic E-state index is 12.9. The van der Waals surface area contributed by atoms with Crippen LogP contribution in [0.1, 0.15) is 18.9 Å². The summed E-state index contributed by atoms with van der Waals surface area (Å²) in [6.07, 6.45) is -0.644. The molecule has 0 spiro atoms. The van der Waals surface area contributed by atoms with Crippen LogP contribution >= 0.6 is 0 Å². The van der Waals surface area contributed by atoms with Crippen LogP contribution < -0.4 is 0 Å². The molecule has 0 aliphatic carbocycles. The predicted octanol–water partition coefficient (Wildman–Crippen LogP) is 2.03. The van der Waals surface area contributed by atoms with Crippen molar-refractivity contribution in [3.05, 3.63) is 35.6 Å². The molecule has 18 heavy (non-hydrogen) atoms. The third-order valence-corrected chi connectivity index (χ3v) is 3.69. The van der Waals surface area contributed by atoms with E-state index >= 15 is 0 Å². The lowest BCUT2D eigenvalue weighted by Gasteiger charge is -2.42. The molecule has 1 aliphatic rings. The molecule has 1 aromatic rings. The first-order valence-electron chi connectivity index (χ1n) is 5.90. The molecule has 1 amide bonds. The van der Waals surface area contributed by atoms with Gasteiger partial charge in [-0.05, 0) is 24.1 Å². The molecule has 0 aromatic heterocycles. The van der Waals surface area contributed by atoms with Gasteiger partial charge < -0.3 is 15.1 Å². The molecule has 5 heteroatoms. The van der Waals surface area contributed by atoms with Crippen molar-refractivity contribution >= 4 is 6.09 Å². The van der Waals surface area contributed by atoms with Crippen LogP contribution in [0.15, 0.2) is 24.3 Å². The first kappa shape index (κ1) is 12.8. The molecule has 2 rings (SSSR count). The molecule has 1 fully saturated rings. The van der Waals surface area contributed by atoms with Gasteiger partial charge in [-0.2, -0.15) is 0 Å². The highest BCUT2D eigenvalue weighted by Crippen LogP contribution is 2.37. The number of hydrogen-bond acceptors (Lipinski definition) is 2. The van der Waals surface area contributed by atoms with Crippen molar-refractivity contribution in [2.24, 2.45) is 5.92 Å². The van der Waals surface area contributed by atoms with Crippen molar-refractivity contribution in [2.75, 3.05) is 13.1 Å². The van der Waals surface area contributed by atoms with E-state index in [0.717, 1.165) is 0 Å². The maximum Gasteiger partial charge on any atom is 0.407 e. The molecule has 0 bridgehead atoms. The molecule has 0 radical (unpaired) electrons. The molecule has 2 N–H and O–H groups in total. The SMILES string of the molecule is CC1CN(C(=O)O)CCC1(O)c1ccc(F)cc1. The number of likely N-dealkylation sites (tertiary alicyclic amines) is 1. The number of benzene rings is 1. The quantitative estimate of drug-likeness (QED) is 0.805. The average molecular weight is 253 g/mol. The van der Waals surface area contributed by atoms with E-state index in [1.807, 2.05) is 0 Å². The second-order valence-corrected chi connectivity index (χ2v) is 4.81. The zero-order valence-corrected chi connectivity index (χ0v) is 10.1. The normalized spacial score (nSPS) is 28.2. The van der Waals surface area contributed by atoms with E-state index in [4.69, 9.17) is 5.11 Å². The molecule has 1 saturated heterocycles. The minimum atomic E-state index is -1.08. The number of piperidine rings is 1. The standard InChI is InChI=1S/C13H16FNO3/c1-9-8-15(12(16)17)7-6-13(9,18)10-2-4-11(14)5-3-10/h2-5,9,18H,6-8H2,1H3,(H,16,17). The lowest BCUT2D eigenvalue weighted by atomic mass is 9.77. The first-order valence-corrected chi connectivity index (χ1v) is 5.90. The summed E-state index contributed by atoms with van der Waals surface area (Å²) in [6.45, 7) is 2.37. The minimum absolute atomic E-state index is 0.229. The lowest BCUT2D eigenvalue weighted by molar-refractivity contribution is -0.0654. The third kappa shape index (κ3) is 2.18. The number of halogens is 1. The number of aliphatic hydroxyl groups is 1. The molecule has 2 atom stereocenters. The van der Waals surface area contributed by atoms with Crippen molar-refractivity contribution < 1.29 is 19.4 Å². The molecule has 98 valence electrons. The number of nitrogens with zero attached hydrogens (tertiary/aromatic N) is 1. The van der Waals surface area contributed by atoms with Gasteiger partial charge in [-0.1, -0.05) is 19.1 Å². The lowest BCUT2D eigenvalue weighted by Crippen LogP contribution is -2.50. The molecular weight excluding hydrogens is 237 g/mol. The smallest absolute Gasteiger partial charge is 0.407 e. The summed E-state index contributed by atoms with van der Waals surface area (Å²) < 4.78 is 12.9. The van der Waals surface area contributed by atoms with Gasteiger partial charge in [0.15, 0.2) is 0 Å². The Bertz CT molecular complexity index is 448. The largest absolute Gasteiger partial charge is 0.465 e. The summed E-state index contributed by atoms with van der Waals surface area (Å²) in [4.78, 5) is 12.2. The fourth-order valence-electron chi connectivity index (χ4n) is 2.47. The van der Waals surface area contributed by atoms with Crippen LogP contribution in [-0.4, -0.2) is 34.3 Å². The van der Waals surface area contributed by atoms with Crippen LogP contribution in [0.5, 0.6) is 0 Å². The number of hydrogen-bond donors (Lipinski definition) is 2. The van der Waals surface area contributed by atoms with E-state index in [0.29, 0.717) is 12.0 Å². The Balaban J connectivity index is 2.22. The van der Waals surface area contributed by atoms with E-state index in [1.165, 1.54) is 17.0 Å². The van der Waals surface area contributed by atoms with Crippen LogP contribution in [0.25, 0.3) is 0 Å². The van der Waals surface area contributed by atoms with E-state index in [-0.39, 0.29) is 24.8 Å². The highest BCUT2D eigenvalue weighted by Gasteiger charge is 2.41. The van der Waals surface area contributed by atoms with Gasteiger partial charge >= 0.3 is 6.09 Å². The molecule has 1 aliphatic heterocycles. The topological polar surface area (TPSA) is 60.8 Å². The van der Waals surface area contributed by atoms with Gasteiger partial charge in [0, 0.05) is 19.0 Å². The van der Waals surface area contributed by atoms with Crippen molar-refractivity contribution in [2.45, 2.75) is 18.9 Å². The zero-order chi connectivity index (χ0) is 13.3. The fourth-order valence-corrected chi connectivity index (χ4v) is 2.47. The van der Waals surface area contributed by atoms with Crippen molar-refractivity contribution in [3.8, 4) is 0 Å². The second kappa shape index (κ2) is 4.57. The Hall–Kier alpha value is -1.62. The van der Waals surface area contributed by atoms with Crippen LogP contribution in [0.3, 0.4) is 0 Å². The summed E-state index contributed by atoms with van der Waals surface area (Å²) in [5.41, 5.74) is -0.443. The third-order valence-electron chi connectivity index (χ3n) is 3.69. The van der Waals surface area contributed by atoms with Crippen molar-refractivity contribution in [1.29, 1.82) is 0 Å². The van der Waals surface area contributed by atoms with E-state index in [9.17, 15) is 14.3 Å². The summed E-state index contributed by atoms with van der Waals surface area (Å²) in [7, 11) is 0. The molecular formula is C13H16FNO3. The maximum atomic E-state index is 12.9. The van der Waals surface area contributed by atoms with Crippen LogP contribution in [0.2, 0.25) is 0 Å². The number of carbonyl (C=O) groups is 1. The Labute approximate surface area is 105 Å². The summed E-state index contributed by atoms with van der Waals surface area (Å²) in [5.74, 6) is -0.578. The first-order chi connectivity index (χ1) is 8.43. The van der Waals surface area contributed by atoms with Gasteiger partial charge in [-0.3, -0.25) is 0 Å². The van der Waals surface area contributed by atoms with Gasteiger partial charge in [-0.15, -0.1) is 0 Å². The molecule has 0 saturated carbocycles. The van der Waals surface area contributed by atoms with Gasteiger partial charge in [-0.25, -0.2) is 9.18 Å². The summed E-state index contributed by atoms with van der Waals surface area (Å²) in [6, 6.07) is 5.73. The van der Waals surface area contributed by atoms with Gasteiger partial charge in [0.1, 0.15) is 5.82 Å². The van der Waals surface area contributed by atoms with Crippen LogP contribution in [-0.2, 0) is 5.60 Å². The van der Waals surface area contributed by atoms with Crippen molar-refractivity contribution in [1.82, 2.24) is 4.90 Å². The number of amides is 1. The molecule has 1 aromatic carbocycles. The van der Waals surface area contributed by atoms with Gasteiger partial charge in [0.25, 0.3) is 0 Å². The number of rotatable bonds is 1. The Morgan fingerprint density at radius 3 is 2.56 bits per heavy atom. The Morgan fingerprint density at radius 1 is 1.44 bits per heavy atom.